The first kappa shape index (κ1) is 24.9. The van der Waals surface area contributed by atoms with E-state index in [0.29, 0.717) is 66.9 Å². The van der Waals surface area contributed by atoms with Gasteiger partial charge in [-0.2, -0.15) is 0 Å². The SMILES string of the molecule is CCCCc1nc(-c2cc(C(=O)CN3CCOCC3)ccc2OCCC)[nH]c(=O)c1N(C)N. The van der Waals surface area contributed by atoms with Crippen LogP contribution in [0.1, 0.15) is 49.2 Å². The second-order valence-corrected chi connectivity index (χ2v) is 8.30. The largest absolute Gasteiger partial charge is 0.493 e. The number of rotatable bonds is 11. The average molecular weight is 458 g/mol. The van der Waals surface area contributed by atoms with Crippen LogP contribution >= 0.6 is 0 Å². The zero-order valence-corrected chi connectivity index (χ0v) is 19.9. The van der Waals surface area contributed by atoms with Crippen LogP contribution in [0.25, 0.3) is 11.4 Å². The lowest BCUT2D eigenvalue weighted by molar-refractivity contribution is 0.0371. The van der Waals surface area contributed by atoms with E-state index in [1.54, 1.807) is 25.2 Å². The Morgan fingerprint density at radius 2 is 2.03 bits per heavy atom. The molecule has 1 fully saturated rings. The van der Waals surface area contributed by atoms with Gasteiger partial charge in [-0.1, -0.05) is 20.3 Å². The molecule has 0 radical (unpaired) electrons. The molecule has 33 heavy (non-hydrogen) atoms. The van der Waals surface area contributed by atoms with E-state index < -0.39 is 0 Å². The summed E-state index contributed by atoms with van der Waals surface area (Å²) >= 11 is 0. The van der Waals surface area contributed by atoms with Gasteiger partial charge in [0.1, 0.15) is 17.3 Å². The number of aromatic nitrogens is 2. The number of nitrogens with one attached hydrogen (secondary N) is 1. The third-order valence-electron chi connectivity index (χ3n) is 5.58. The second-order valence-electron chi connectivity index (χ2n) is 8.30. The van der Waals surface area contributed by atoms with Crippen LogP contribution in [-0.2, 0) is 11.2 Å². The molecule has 0 atom stereocenters. The number of nitrogens with two attached hydrogens (primary N) is 1. The Balaban J connectivity index is 2.01. The molecule has 0 amide bonds. The van der Waals surface area contributed by atoms with E-state index in [2.05, 4.69) is 16.8 Å². The Kier molecular flexibility index (Phi) is 8.99. The number of ether oxygens (including phenoxy) is 2. The van der Waals surface area contributed by atoms with Crippen LogP contribution in [-0.4, -0.2) is 67.2 Å². The van der Waals surface area contributed by atoms with Crippen molar-refractivity contribution in [2.24, 2.45) is 5.84 Å². The van der Waals surface area contributed by atoms with Crippen molar-refractivity contribution in [1.29, 1.82) is 0 Å². The monoisotopic (exact) mass is 457 g/mol. The highest BCUT2D eigenvalue weighted by molar-refractivity contribution is 5.99. The lowest BCUT2D eigenvalue weighted by Gasteiger charge is -2.25. The van der Waals surface area contributed by atoms with Crippen molar-refractivity contribution in [1.82, 2.24) is 14.9 Å². The molecule has 2 heterocycles. The first-order valence-corrected chi connectivity index (χ1v) is 11.7. The molecular formula is C24H35N5O4. The van der Waals surface area contributed by atoms with E-state index in [1.807, 2.05) is 6.92 Å². The zero-order valence-electron chi connectivity index (χ0n) is 19.9. The van der Waals surface area contributed by atoms with Gasteiger partial charge in [0, 0.05) is 25.7 Å². The van der Waals surface area contributed by atoms with E-state index in [9.17, 15) is 9.59 Å². The van der Waals surface area contributed by atoms with Crippen molar-refractivity contribution in [3.8, 4) is 17.1 Å². The summed E-state index contributed by atoms with van der Waals surface area (Å²) in [6.07, 6.45) is 3.31. The van der Waals surface area contributed by atoms with Gasteiger partial charge in [0.25, 0.3) is 5.56 Å². The summed E-state index contributed by atoms with van der Waals surface area (Å²) in [5.74, 6) is 6.88. The molecule has 1 aromatic heterocycles. The highest BCUT2D eigenvalue weighted by atomic mass is 16.5. The molecule has 9 heteroatoms. The number of anilines is 1. The maximum Gasteiger partial charge on any atom is 0.276 e. The van der Waals surface area contributed by atoms with Crippen LogP contribution in [0, 0.1) is 0 Å². The Hall–Kier alpha value is -2.75. The first-order valence-electron chi connectivity index (χ1n) is 11.7. The first-order chi connectivity index (χ1) is 15.9. The number of nitrogens with zero attached hydrogens (tertiary/aromatic N) is 3. The molecule has 0 spiro atoms. The summed E-state index contributed by atoms with van der Waals surface area (Å²) in [6, 6.07) is 5.32. The van der Waals surface area contributed by atoms with E-state index in [4.69, 9.17) is 20.3 Å². The van der Waals surface area contributed by atoms with E-state index in [-0.39, 0.29) is 11.3 Å². The van der Waals surface area contributed by atoms with Gasteiger partial charge in [0.15, 0.2) is 5.78 Å². The standard InChI is InChI=1S/C24H35N5O4/c1-4-6-7-19-22(28(3)25)24(31)27-23(26-19)18-15-17(8-9-21(18)33-12-5-2)20(30)16-29-10-13-32-14-11-29/h8-9,15H,4-7,10-14,16,25H2,1-3H3,(H,26,27,31). The molecule has 180 valence electrons. The molecule has 1 saturated heterocycles. The fraction of sp³-hybridized carbons (Fsp3) is 0.542. The Labute approximate surface area is 194 Å². The highest BCUT2D eigenvalue weighted by Crippen LogP contribution is 2.30. The highest BCUT2D eigenvalue weighted by Gasteiger charge is 2.20. The van der Waals surface area contributed by atoms with Crippen molar-refractivity contribution in [2.45, 2.75) is 39.5 Å². The van der Waals surface area contributed by atoms with Crippen molar-refractivity contribution in [2.75, 3.05) is 51.5 Å². The summed E-state index contributed by atoms with van der Waals surface area (Å²) in [5.41, 5.74) is 1.81. The van der Waals surface area contributed by atoms with Crippen LogP contribution < -0.4 is 21.1 Å². The number of hydrazine groups is 1. The van der Waals surface area contributed by atoms with E-state index >= 15 is 0 Å². The number of H-pyrrole nitrogens is 1. The lowest BCUT2D eigenvalue weighted by atomic mass is 10.0. The predicted molar refractivity (Wildman–Crippen MR) is 129 cm³/mol. The molecule has 3 rings (SSSR count). The number of aryl methyl sites for hydroxylation is 1. The topological polar surface area (TPSA) is 114 Å². The molecule has 0 unspecified atom stereocenters. The van der Waals surface area contributed by atoms with Gasteiger partial charge >= 0.3 is 0 Å². The number of Topliss-reactive ketones (excluding diaryl/α,β-unsaturated/α-hetero) is 1. The molecule has 1 aromatic carbocycles. The number of hydrogen-bond donors (Lipinski definition) is 2. The summed E-state index contributed by atoms with van der Waals surface area (Å²) in [7, 11) is 1.63. The maximum absolute atomic E-state index is 13.0. The van der Waals surface area contributed by atoms with Gasteiger partial charge in [-0.05, 0) is 37.5 Å². The molecule has 0 bridgehead atoms. The van der Waals surface area contributed by atoms with Gasteiger partial charge < -0.3 is 19.5 Å². The van der Waals surface area contributed by atoms with E-state index in [0.717, 1.165) is 32.4 Å². The number of benzene rings is 1. The van der Waals surface area contributed by atoms with Crippen molar-refractivity contribution >= 4 is 11.5 Å². The predicted octanol–water partition coefficient (Wildman–Crippen LogP) is 2.39. The third kappa shape index (κ3) is 6.40. The van der Waals surface area contributed by atoms with Crippen LogP contribution in [0.5, 0.6) is 5.75 Å². The third-order valence-corrected chi connectivity index (χ3v) is 5.58. The van der Waals surface area contributed by atoms with Crippen molar-refractivity contribution in [3.05, 3.63) is 39.8 Å². The van der Waals surface area contributed by atoms with Crippen LogP contribution in [0.2, 0.25) is 0 Å². The lowest BCUT2D eigenvalue weighted by Crippen LogP contribution is -2.39. The number of unbranched alkanes of at least 4 members (excludes halogenated alkanes) is 1. The van der Waals surface area contributed by atoms with Gasteiger partial charge in [0.2, 0.25) is 0 Å². The number of ketones is 1. The minimum absolute atomic E-state index is 0.00653. The number of carbonyl (C=O) groups excluding carboxylic acids is 1. The van der Waals surface area contributed by atoms with Gasteiger partial charge in [0.05, 0.1) is 37.6 Å². The number of hydrogen-bond acceptors (Lipinski definition) is 8. The normalized spacial score (nSPS) is 14.3. The van der Waals surface area contributed by atoms with Crippen LogP contribution in [0.3, 0.4) is 0 Å². The van der Waals surface area contributed by atoms with E-state index in [1.165, 1.54) is 5.01 Å². The summed E-state index contributed by atoms with van der Waals surface area (Å²) in [4.78, 5) is 35.6. The van der Waals surface area contributed by atoms with Crippen LogP contribution in [0.4, 0.5) is 5.69 Å². The van der Waals surface area contributed by atoms with Crippen molar-refractivity contribution in [3.63, 3.8) is 0 Å². The molecule has 2 aromatic rings. The van der Waals surface area contributed by atoms with Gasteiger partial charge in [-0.15, -0.1) is 0 Å². The molecule has 1 aliphatic heterocycles. The average Bonchev–Trinajstić information content (AvgIpc) is 2.81. The second kappa shape index (κ2) is 11.9. The quantitative estimate of drug-likeness (QED) is 0.300. The minimum Gasteiger partial charge on any atom is -0.493 e. The molecule has 0 saturated carbocycles. The van der Waals surface area contributed by atoms with Crippen molar-refractivity contribution < 1.29 is 14.3 Å². The number of aromatic amines is 1. The molecule has 3 N–H and O–H groups in total. The fourth-order valence-electron chi connectivity index (χ4n) is 3.80. The molecular weight excluding hydrogens is 422 g/mol. The smallest absolute Gasteiger partial charge is 0.276 e. The maximum atomic E-state index is 13.0. The Morgan fingerprint density at radius 1 is 1.27 bits per heavy atom. The number of morpholine rings is 1. The number of carbonyl (C=O) groups is 1. The molecule has 1 aliphatic rings. The minimum atomic E-state index is -0.317. The van der Waals surface area contributed by atoms with Crippen LogP contribution in [0.15, 0.2) is 23.0 Å². The summed E-state index contributed by atoms with van der Waals surface area (Å²) in [6.45, 7) is 7.69. The fourth-order valence-corrected chi connectivity index (χ4v) is 3.80. The van der Waals surface area contributed by atoms with Gasteiger partial charge in [-0.25, -0.2) is 10.8 Å². The molecule has 9 nitrogen and oxygen atoms in total. The Morgan fingerprint density at radius 3 is 2.70 bits per heavy atom. The zero-order chi connectivity index (χ0) is 23.8. The summed E-state index contributed by atoms with van der Waals surface area (Å²) < 4.78 is 11.3. The Bertz CT molecular complexity index is 999. The molecule has 0 aliphatic carbocycles. The van der Waals surface area contributed by atoms with Gasteiger partial charge in [-0.3, -0.25) is 14.5 Å². The summed E-state index contributed by atoms with van der Waals surface area (Å²) in [5, 5.41) is 1.30.